The zero-order chi connectivity index (χ0) is 21.2. The third-order valence-electron chi connectivity index (χ3n) is 4.57. The molecule has 3 nitrogen and oxygen atoms in total. The molecule has 3 rings (SSSR count). The lowest BCUT2D eigenvalue weighted by molar-refractivity contribution is -0.274. The lowest BCUT2D eigenvalue weighted by Crippen LogP contribution is -2.18. The lowest BCUT2D eigenvalue weighted by Gasteiger charge is -2.22. The summed E-state index contributed by atoms with van der Waals surface area (Å²) in [6, 6.07) is 7.73. The smallest absolute Gasteiger partial charge is 0.491 e. The number of hydrogen-bond acceptors (Lipinski definition) is 3. The van der Waals surface area contributed by atoms with Gasteiger partial charge < -0.3 is 9.47 Å². The molecule has 2 aromatic carbocycles. The van der Waals surface area contributed by atoms with E-state index >= 15 is 0 Å². The van der Waals surface area contributed by atoms with Crippen molar-refractivity contribution < 1.29 is 36.2 Å². The number of halogens is 5. The van der Waals surface area contributed by atoms with E-state index in [1.165, 1.54) is 30.3 Å². The zero-order valence-corrected chi connectivity index (χ0v) is 15.4. The Hall–Kier alpha value is -2.90. The normalized spacial score (nSPS) is 17.1. The quantitative estimate of drug-likeness (QED) is 0.583. The molecule has 8 heteroatoms. The summed E-state index contributed by atoms with van der Waals surface area (Å²) in [5.41, 5.74) is 0.882. The molecule has 154 valence electrons. The summed E-state index contributed by atoms with van der Waals surface area (Å²) < 4.78 is 74.0. The minimum atomic E-state index is -4.79. The molecule has 0 aliphatic heterocycles. The lowest BCUT2D eigenvalue weighted by atomic mass is 9.81. The van der Waals surface area contributed by atoms with E-state index in [2.05, 4.69) is 4.74 Å². The third kappa shape index (κ3) is 4.75. The van der Waals surface area contributed by atoms with Crippen LogP contribution in [-0.2, 0) is 4.79 Å². The van der Waals surface area contributed by atoms with Crippen molar-refractivity contribution in [3.05, 3.63) is 65.2 Å². The number of alkyl halides is 3. The molecule has 1 unspecified atom stereocenters. The van der Waals surface area contributed by atoms with Crippen molar-refractivity contribution in [2.24, 2.45) is 0 Å². The van der Waals surface area contributed by atoms with Gasteiger partial charge in [0.05, 0.1) is 6.61 Å². The molecule has 1 aliphatic carbocycles. The Balaban J connectivity index is 1.79. The van der Waals surface area contributed by atoms with E-state index in [0.717, 1.165) is 12.1 Å². The Morgan fingerprint density at radius 3 is 2.31 bits per heavy atom. The monoisotopic (exact) mass is 412 g/mol. The van der Waals surface area contributed by atoms with Gasteiger partial charge in [-0.15, -0.1) is 13.2 Å². The molecule has 0 bridgehead atoms. The van der Waals surface area contributed by atoms with Gasteiger partial charge in [0.15, 0.2) is 17.3 Å². The van der Waals surface area contributed by atoms with E-state index in [-0.39, 0.29) is 29.5 Å². The maximum Gasteiger partial charge on any atom is 0.573 e. The van der Waals surface area contributed by atoms with Crippen LogP contribution < -0.4 is 9.47 Å². The highest BCUT2D eigenvalue weighted by Gasteiger charge is 2.31. The van der Waals surface area contributed by atoms with Crippen molar-refractivity contribution in [2.75, 3.05) is 6.61 Å². The molecule has 0 fully saturated rings. The van der Waals surface area contributed by atoms with Crippen molar-refractivity contribution in [2.45, 2.75) is 32.0 Å². The summed E-state index contributed by atoms with van der Waals surface area (Å²) in [6.45, 7) is 1.83. The molecule has 0 saturated heterocycles. The summed E-state index contributed by atoms with van der Waals surface area (Å²) in [7, 11) is 0. The minimum absolute atomic E-state index is 0.00771. The molecule has 0 amide bonds. The largest absolute Gasteiger partial charge is 0.573 e. The van der Waals surface area contributed by atoms with Crippen LogP contribution in [0.1, 0.15) is 36.8 Å². The van der Waals surface area contributed by atoms with E-state index in [1.54, 1.807) is 6.92 Å². The van der Waals surface area contributed by atoms with Crippen LogP contribution >= 0.6 is 0 Å². The van der Waals surface area contributed by atoms with E-state index in [0.29, 0.717) is 24.0 Å². The topological polar surface area (TPSA) is 35.5 Å². The second-order valence-corrected chi connectivity index (χ2v) is 6.45. The standard InChI is InChI=1S/C21H17F5O3/c1-2-28-18-10-9-16(19(22)20(18)23)13-5-8-15(17(27)11-13)12-3-6-14(7-4-12)29-21(24,25)26/h3-4,6-7,9-11,15H,2,5,8H2,1H3. The van der Waals surface area contributed by atoms with Crippen LogP contribution in [0.2, 0.25) is 0 Å². The average molecular weight is 412 g/mol. The number of rotatable bonds is 5. The second-order valence-electron chi connectivity index (χ2n) is 6.45. The van der Waals surface area contributed by atoms with Crippen molar-refractivity contribution >= 4 is 11.4 Å². The van der Waals surface area contributed by atoms with Gasteiger partial charge in [-0.2, -0.15) is 4.39 Å². The van der Waals surface area contributed by atoms with Gasteiger partial charge in [0, 0.05) is 11.5 Å². The van der Waals surface area contributed by atoms with Crippen molar-refractivity contribution in [3.8, 4) is 11.5 Å². The van der Waals surface area contributed by atoms with E-state index in [1.807, 2.05) is 0 Å². The van der Waals surface area contributed by atoms with Crippen LogP contribution in [0.5, 0.6) is 11.5 Å². The molecule has 0 aromatic heterocycles. The predicted molar refractivity (Wildman–Crippen MR) is 95.6 cm³/mol. The summed E-state index contributed by atoms with van der Waals surface area (Å²) >= 11 is 0. The highest BCUT2D eigenvalue weighted by atomic mass is 19.4. The van der Waals surface area contributed by atoms with Gasteiger partial charge in [0.25, 0.3) is 0 Å². The van der Waals surface area contributed by atoms with Crippen LogP contribution in [0, 0.1) is 11.6 Å². The van der Waals surface area contributed by atoms with Crippen LogP contribution in [0.3, 0.4) is 0 Å². The zero-order valence-electron chi connectivity index (χ0n) is 15.4. The van der Waals surface area contributed by atoms with Crippen LogP contribution in [-0.4, -0.2) is 18.8 Å². The van der Waals surface area contributed by atoms with E-state index < -0.39 is 23.9 Å². The van der Waals surface area contributed by atoms with Gasteiger partial charge in [0.2, 0.25) is 5.82 Å². The Labute approximate surface area is 163 Å². The van der Waals surface area contributed by atoms with Crippen LogP contribution in [0.25, 0.3) is 5.57 Å². The van der Waals surface area contributed by atoms with Crippen molar-refractivity contribution in [1.29, 1.82) is 0 Å². The Bertz CT molecular complexity index is 933. The van der Waals surface area contributed by atoms with Gasteiger partial charge in [-0.3, -0.25) is 4.79 Å². The molecule has 1 aliphatic rings. The molecular weight excluding hydrogens is 395 g/mol. The minimum Gasteiger partial charge on any atom is -0.491 e. The predicted octanol–water partition coefficient (Wildman–Crippen LogP) is 5.79. The number of allylic oxidation sites excluding steroid dienone is 2. The van der Waals surface area contributed by atoms with Gasteiger partial charge in [-0.25, -0.2) is 4.39 Å². The first-order chi connectivity index (χ1) is 13.7. The molecule has 1 atom stereocenters. The van der Waals surface area contributed by atoms with Crippen LogP contribution in [0.15, 0.2) is 42.5 Å². The number of ketones is 1. The van der Waals surface area contributed by atoms with Crippen LogP contribution in [0.4, 0.5) is 22.0 Å². The maximum atomic E-state index is 14.4. The van der Waals surface area contributed by atoms with Crippen molar-refractivity contribution in [1.82, 2.24) is 0 Å². The number of benzene rings is 2. The van der Waals surface area contributed by atoms with E-state index in [4.69, 9.17) is 4.74 Å². The SMILES string of the molecule is CCOc1ccc(C2=CC(=O)C(c3ccc(OC(F)(F)F)cc3)CC2)c(F)c1F. The molecule has 29 heavy (non-hydrogen) atoms. The molecular formula is C21H17F5O3. The molecule has 0 spiro atoms. The number of carbonyl (C=O) groups excluding carboxylic acids is 1. The number of hydrogen-bond donors (Lipinski definition) is 0. The molecule has 0 heterocycles. The fraction of sp³-hybridized carbons (Fsp3) is 0.286. The average Bonchev–Trinajstić information content (AvgIpc) is 2.65. The summed E-state index contributed by atoms with van der Waals surface area (Å²) in [6.07, 6.45) is -2.91. The first-order valence-corrected chi connectivity index (χ1v) is 8.91. The molecule has 0 N–H and O–H groups in total. The first kappa shape index (κ1) is 20.8. The fourth-order valence-electron chi connectivity index (χ4n) is 3.28. The van der Waals surface area contributed by atoms with Gasteiger partial charge in [0.1, 0.15) is 5.75 Å². The Morgan fingerprint density at radius 2 is 1.72 bits per heavy atom. The maximum absolute atomic E-state index is 14.4. The Kier molecular flexibility index (Phi) is 5.91. The van der Waals surface area contributed by atoms with Gasteiger partial charge in [-0.05, 0) is 61.2 Å². The number of carbonyl (C=O) groups is 1. The van der Waals surface area contributed by atoms with Gasteiger partial charge >= 0.3 is 6.36 Å². The van der Waals surface area contributed by atoms with E-state index in [9.17, 15) is 26.7 Å². The molecule has 2 aromatic rings. The molecule has 0 saturated carbocycles. The fourth-order valence-corrected chi connectivity index (χ4v) is 3.28. The molecule has 0 radical (unpaired) electrons. The van der Waals surface area contributed by atoms with Gasteiger partial charge in [-0.1, -0.05) is 12.1 Å². The summed E-state index contributed by atoms with van der Waals surface area (Å²) in [4.78, 5) is 12.5. The van der Waals surface area contributed by atoms with Crippen molar-refractivity contribution in [3.63, 3.8) is 0 Å². The first-order valence-electron chi connectivity index (χ1n) is 8.91. The second kappa shape index (κ2) is 8.23. The highest BCUT2D eigenvalue weighted by molar-refractivity contribution is 6.02. The highest BCUT2D eigenvalue weighted by Crippen LogP contribution is 2.37. The number of ether oxygens (including phenoxy) is 2. The summed E-state index contributed by atoms with van der Waals surface area (Å²) in [5.74, 6) is -3.68. The summed E-state index contributed by atoms with van der Waals surface area (Å²) in [5, 5.41) is 0. The Morgan fingerprint density at radius 1 is 1.03 bits per heavy atom. The third-order valence-corrected chi connectivity index (χ3v) is 4.57.